The van der Waals surface area contributed by atoms with Crippen LogP contribution in [-0.4, -0.2) is 64.3 Å². The number of likely N-dealkylation sites (tertiary alicyclic amines) is 1. The zero-order valence-electron chi connectivity index (χ0n) is 24.3. The maximum atomic E-state index is 9.94. The van der Waals surface area contributed by atoms with Gasteiger partial charge in [-0.1, -0.05) is 18.5 Å². The second-order valence-electron chi connectivity index (χ2n) is 11.5. The summed E-state index contributed by atoms with van der Waals surface area (Å²) >= 11 is 1.51. The molecule has 1 aliphatic heterocycles. The number of aryl methyl sites for hydroxylation is 1. The molecule has 43 heavy (non-hydrogen) atoms. The number of nitrogens with zero attached hydrogens (tertiary/aromatic N) is 9. The van der Waals surface area contributed by atoms with Crippen LogP contribution < -0.4 is 5.73 Å². The molecule has 7 rings (SSSR count). The first-order valence-corrected chi connectivity index (χ1v) is 15.7. The van der Waals surface area contributed by atoms with Gasteiger partial charge in [-0.15, -0.1) is 11.3 Å². The Bertz CT molecular complexity index is 1840. The molecule has 1 aliphatic carbocycles. The normalized spacial score (nSPS) is 18.8. The molecule has 0 bridgehead atoms. The number of aliphatic hydroxyl groups is 1. The highest BCUT2D eigenvalue weighted by Crippen LogP contribution is 2.47. The van der Waals surface area contributed by atoms with E-state index in [1.54, 1.807) is 23.1 Å². The molecule has 5 aromatic heterocycles. The lowest BCUT2D eigenvalue weighted by molar-refractivity contribution is 0.276. The molecule has 13 heteroatoms. The molecule has 0 amide bonds. The Morgan fingerprint density at radius 1 is 1.26 bits per heavy atom. The van der Waals surface area contributed by atoms with Crippen LogP contribution in [0.2, 0.25) is 0 Å². The van der Waals surface area contributed by atoms with E-state index in [0.29, 0.717) is 51.8 Å². The number of nitrogen functional groups attached to an aromatic ring is 1. The van der Waals surface area contributed by atoms with Gasteiger partial charge in [0.05, 0.1) is 36.0 Å². The maximum absolute atomic E-state index is 9.94. The number of rotatable bonds is 8. The topological polar surface area (TPSA) is 161 Å². The minimum absolute atomic E-state index is 0.0976. The summed E-state index contributed by atoms with van der Waals surface area (Å²) in [7, 11) is 2.15. The highest BCUT2D eigenvalue weighted by Gasteiger charge is 2.35. The van der Waals surface area contributed by atoms with Crippen LogP contribution in [0.15, 0.2) is 23.0 Å². The zero-order chi connectivity index (χ0) is 29.7. The second-order valence-corrected chi connectivity index (χ2v) is 12.6. The predicted molar refractivity (Wildman–Crippen MR) is 162 cm³/mol. The van der Waals surface area contributed by atoms with Gasteiger partial charge in [0.2, 0.25) is 0 Å². The summed E-state index contributed by atoms with van der Waals surface area (Å²) < 4.78 is 9.77. The van der Waals surface area contributed by atoms with E-state index >= 15 is 0 Å². The SMILES string of the molecule is CCCc1c(-c2nc(-n3ccc(CO)n3)c3cnn(CC4CCCN4C)c3n2)noc1C1CCCc2sc(N)c(C#N)c21. The number of aliphatic hydroxyl groups excluding tert-OH is 1. The monoisotopic (exact) mass is 598 g/mol. The Morgan fingerprint density at radius 3 is 2.88 bits per heavy atom. The summed E-state index contributed by atoms with van der Waals surface area (Å²) in [4.78, 5) is 13.6. The average Bonchev–Trinajstić information content (AvgIpc) is 3.84. The van der Waals surface area contributed by atoms with Crippen molar-refractivity contribution in [3.05, 3.63) is 51.5 Å². The van der Waals surface area contributed by atoms with Crippen molar-refractivity contribution in [2.24, 2.45) is 0 Å². The Morgan fingerprint density at radius 2 is 2.14 bits per heavy atom. The molecular weight excluding hydrogens is 564 g/mol. The number of thiophene rings is 1. The Balaban J connectivity index is 1.39. The molecule has 1 fully saturated rings. The fourth-order valence-electron chi connectivity index (χ4n) is 6.64. The lowest BCUT2D eigenvalue weighted by Gasteiger charge is -2.21. The number of aromatic nitrogens is 7. The number of likely N-dealkylation sites (N-methyl/N-ethyl adjacent to an activating group) is 1. The van der Waals surface area contributed by atoms with Gasteiger partial charge in [0, 0.05) is 28.6 Å². The van der Waals surface area contributed by atoms with Gasteiger partial charge in [0.25, 0.3) is 0 Å². The third-order valence-corrected chi connectivity index (χ3v) is 9.90. The van der Waals surface area contributed by atoms with Crippen LogP contribution in [0, 0.1) is 11.3 Å². The van der Waals surface area contributed by atoms with Crippen molar-refractivity contribution in [1.82, 2.24) is 39.6 Å². The van der Waals surface area contributed by atoms with E-state index in [-0.39, 0.29) is 12.5 Å². The molecule has 12 nitrogen and oxygen atoms in total. The first-order chi connectivity index (χ1) is 21.0. The van der Waals surface area contributed by atoms with Crippen LogP contribution in [0.5, 0.6) is 0 Å². The Kier molecular flexibility index (Phi) is 7.20. The van der Waals surface area contributed by atoms with Crippen LogP contribution in [-0.2, 0) is 26.0 Å². The summed E-state index contributed by atoms with van der Waals surface area (Å²) in [5, 5.41) is 34.8. The van der Waals surface area contributed by atoms with E-state index < -0.39 is 0 Å². The minimum Gasteiger partial charge on any atom is -0.390 e. The maximum Gasteiger partial charge on any atom is 0.186 e. The van der Waals surface area contributed by atoms with Crippen molar-refractivity contribution in [1.29, 1.82) is 5.26 Å². The molecule has 0 spiro atoms. The summed E-state index contributed by atoms with van der Waals surface area (Å²) in [6.45, 7) is 3.74. The molecule has 2 aliphatic rings. The van der Waals surface area contributed by atoms with E-state index in [4.69, 9.17) is 25.3 Å². The summed E-state index contributed by atoms with van der Waals surface area (Å²) in [5.74, 6) is 1.67. The van der Waals surface area contributed by atoms with Crippen LogP contribution in [0.1, 0.15) is 78.0 Å². The lowest BCUT2D eigenvalue weighted by atomic mass is 9.81. The van der Waals surface area contributed by atoms with Gasteiger partial charge in [-0.25, -0.2) is 19.3 Å². The molecule has 2 atom stereocenters. The first-order valence-electron chi connectivity index (χ1n) is 14.9. The van der Waals surface area contributed by atoms with Crippen molar-refractivity contribution in [3.63, 3.8) is 0 Å². The number of anilines is 1. The van der Waals surface area contributed by atoms with Crippen molar-refractivity contribution in [2.75, 3.05) is 19.3 Å². The molecule has 222 valence electrons. The number of hydrogen-bond acceptors (Lipinski definition) is 11. The van der Waals surface area contributed by atoms with Crippen molar-refractivity contribution in [3.8, 4) is 23.4 Å². The Labute approximate surface area is 252 Å². The van der Waals surface area contributed by atoms with Gasteiger partial charge in [0.15, 0.2) is 23.0 Å². The number of fused-ring (bicyclic) bond motifs is 2. The molecule has 0 radical (unpaired) electrons. The molecular formula is C30H34N10O2S. The van der Waals surface area contributed by atoms with E-state index in [1.165, 1.54) is 11.3 Å². The molecule has 0 saturated carbocycles. The number of nitrogens with two attached hydrogens (primary N) is 1. The molecule has 1 saturated heterocycles. The van der Waals surface area contributed by atoms with Crippen LogP contribution in [0.3, 0.4) is 0 Å². The molecule has 3 N–H and O–H groups in total. The highest BCUT2D eigenvalue weighted by atomic mass is 32.1. The highest BCUT2D eigenvalue weighted by molar-refractivity contribution is 7.16. The molecule has 2 unspecified atom stereocenters. The molecule has 5 aromatic rings. The largest absolute Gasteiger partial charge is 0.390 e. The van der Waals surface area contributed by atoms with Crippen molar-refractivity contribution < 1.29 is 9.63 Å². The minimum atomic E-state index is -0.171. The van der Waals surface area contributed by atoms with E-state index in [2.05, 4.69) is 35.2 Å². The zero-order valence-corrected chi connectivity index (χ0v) is 25.1. The van der Waals surface area contributed by atoms with Crippen LogP contribution in [0.25, 0.3) is 28.4 Å². The van der Waals surface area contributed by atoms with E-state index in [1.807, 2.05) is 4.68 Å². The summed E-state index contributed by atoms with van der Waals surface area (Å²) in [5.41, 5.74) is 10.6. The third kappa shape index (κ3) is 4.70. The van der Waals surface area contributed by atoms with E-state index in [0.717, 1.165) is 78.6 Å². The van der Waals surface area contributed by atoms with Gasteiger partial charge in [0.1, 0.15) is 16.8 Å². The van der Waals surface area contributed by atoms with Gasteiger partial charge >= 0.3 is 0 Å². The predicted octanol–water partition coefficient (Wildman–Crippen LogP) is 4.19. The number of hydrogen-bond donors (Lipinski definition) is 2. The third-order valence-electron chi connectivity index (χ3n) is 8.81. The van der Waals surface area contributed by atoms with Gasteiger partial charge < -0.3 is 20.3 Å². The van der Waals surface area contributed by atoms with Gasteiger partial charge in [-0.3, -0.25) is 0 Å². The summed E-state index contributed by atoms with van der Waals surface area (Å²) in [6.07, 6.45) is 10.2. The van der Waals surface area contributed by atoms with Crippen molar-refractivity contribution in [2.45, 2.75) is 77.0 Å². The quantitative estimate of drug-likeness (QED) is 0.265. The van der Waals surface area contributed by atoms with E-state index in [9.17, 15) is 10.4 Å². The average molecular weight is 599 g/mol. The number of nitriles is 1. The lowest BCUT2D eigenvalue weighted by Crippen LogP contribution is -2.29. The second kappa shape index (κ2) is 11.2. The fourth-order valence-corrected chi connectivity index (χ4v) is 7.77. The standard InChI is InChI=1S/C30H34N10O2S/c1-3-6-20-25(37-42-26(20)19-8-4-9-23-24(19)21(13-31)27(32)43-23)28-34-29(39-12-10-17(16-41)36-39)22-14-33-40(30(22)35-28)15-18-7-5-11-38(18)2/h10,12,14,18-19,41H,3-9,11,15-16,32H2,1-2H3. The van der Waals surface area contributed by atoms with Gasteiger partial charge in [-0.05, 0) is 63.7 Å². The fraction of sp³-hybridized carbons (Fsp3) is 0.467. The molecule has 6 heterocycles. The van der Waals surface area contributed by atoms with Gasteiger partial charge in [-0.2, -0.15) is 15.5 Å². The van der Waals surface area contributed by atoms with Crippen molar-refractivity contribution >= 4 is 27.4 Å². The smallest absolute Gasteiger partial charge is 0.186 e. The van der Waals surface area contributed by atoms with Crippen LogP contribution in [0.4, 0.5) is 5.00 Å². The first kappa shape index (κ1) is 27.7. The molecule has 0 aromatic carbocycles. The Hall–Kier alpha value is -4.12. The summed E-state index contributed by atoms with van der Waals surface area (Å²) in [6, 6.07) is 4.48. The van der Waals surface area contributed by atoms with Crippen LogP contribution >= 0.6 is 11.3 Å².